The number of para-hydroxylation sites is 1. The van der Waals surface area contributed by atoms with Gasteiger partial charge in [0.05, 0.1) is 19.0 Å². The summed E-state index contributed by atoms with van der Waals surface area (Å²) in [5.74, 6) is 2.13. The minimum Gasteiger partial charge on any atom is -0.491 e. The second-order valence-electron chi connectivity index (χ2n) is 7.09. The number of hydrogen-bond acceptors (Lipinski definition) is 4. The summed E-state index contributed by atoms with van der Waals surface area (Å²) in [6, 6.07) is 13.5. The van der Waals surface area contributed by atoms with Crippen molar-refractivity contribution >= 4 is 21.9 Å². The molecule has 34 heavy (non-hydrogen) atoms. The molecule has 0 amide bonds. The van der Waals surface area contributed by atoms with Crippen LogP contribution in [0.3, 0.4) is 0 Å². The van der Waals surface area contributed by atoms with Gasteiger partial charge in [0.15, 0.2) is 5.75 Å². The number of rotatable bonds is 10. The van der Waals surface area contributed by atoms with Crippen molar-refractivity contribution in [3.05, 3.63) is 95.5 Å². The van der Waals surface area contributed by atoms with Gasteiger partial charge in [0, 0.05) is 17.1 Å². The lowest BCUT2D eigenvalue weighted by Gasteiger charge is -2.16. The Morgan fingerprint density at radius 2 is 1.91 bits per heavy atom. The van der Waals surface area contributed by atoms with Crippen molar-refractivity contribution in [1.29, 1.82) is 0 Å². The summed E-state index contributed by atoms with van der Waals surface area (Å²) >= 11 is 0. The van der Waals surface area contributed by atoms with Gasteiger partial charge in [-0.2, -0.15) is 0 Å². The molecule has 0 N–H and O–H groups in total. The normalized spacial score (nSPS) is 12.2. The van der Waals surface area contributed by atoms with Gasteiger partial charge < -0.3 is 9.47 Å². The van der Waals surface area contributed by atoms with Gasteiger partial charge in [0.2, 0.25) is 0 Å². The van der Waals surface area contributed by atoms with Gasteiger partial charge >= 0.3 is 5.56 Å². The van der Waals surface area contributed by atoms with Crippen LogP contribution in [-0.2, 0) is 17.4 Å². The molecule has 3 rings (SSSR count). The molecule has 0 radical (unpaired) electrons. The Balaban J connectivity index is 0.00000199. The van der Waals surface area contributed by atoms with Crippen molar-refractivity contribution in [2.45, 2.75) is 32.2 Å². The summed E-state index contributed by atoms with van der Waals surface area (Å²) in [4.78, 5) is 18.9. The Morgan fingerprint density at radius 3 is 2.56 bits per heavy atom. The lowest BCUT2D eigenvalue weighted by Crippen LogP contribution is -2.30. The molecule has 0 fully saturated rings. The average molecular weight is 480 g/mol. The summed E-state index contributed by atoms with van der Waals surface area (Å²) in [7, 11) is 1.22. The summed E-state index contributed by atoms with van der Waals surface area (Å²) in [5.41, 5.74) is 1.53. The molecule has 0 bridgehead atoms. The van der Waals surface area contributed by atoms with Crippen LogP contribution in [0.2, 0.25) is 0 Å². The average Bonchev–Trinajstić information content (AvgIpc) is 2.88. The van der Waals surface area contributed by atoms with Crippen LogP contribution >= 0.6 is 0 Å². The third-order valence-electron chi connectivity index (χ3n) is 5.04. The zero-order valence-electron chi connectivity index (χ0n) is 20.8. The Bertz CT molecular complexity index is 1180. The highest BCUT2D eigenvalue weighted by atomic mass is 32.2. The number of benzene rings is 1. The molecule has 0 spiro atoms. The number of aromatic nitrogens is 2. The fourth-order valence-corrected chi connectivity index (χ4v) is 4.86. The molecule has 2 aromatic heterocycles. The summed E-state index contributed by atoms with van der Waals surface area (Å²) < 4.78 is 13.4. The fourth-order valence-electron chi connectivity index (χ4n) is 3.40. The van der Waals surface area contributed by atoms with Gasteiger partial charge in [-0.05, 0) is 36.8 Å². The van der Waals surface area contributed by atoms with Crippen LogP contribution in [0.1, 0.15) is 20.8 Å². The van der Waals surface area contributed by atoms with Crippen molar-refractivity contribution in [2.75, 3.05) is 25.7 Å². The number of methoxy groups -OCH3 is 1. The van der Waals surface area contributed by atoms with E-state index in [4.69, 9.17) is 9.47 Å². The quantitative estimate of drug-likeness (QED) is 0.272. The lowest BCUT2D eigenvalue weighted by atomic mass is 10.2. The van der Waals surface area contributed by atoms with Gasteiger partial charge in [-0.15, -0.1) is 0 Å². The first-order chi connectivity index (χ1) is 16.6. The van der Waals surface area contributed by atoms with E-state index in [2.05, 4.69) is 17.8 Å². The molecule has 3 aromatic rings. The molecular formula is C28H35N2O3S+. The predicted molar refractivity (Wildman–Crippen MR) is 145 cm³/mol. The zero-order valence-corrected chi connectivity index (χ0v) is 21.6. The number of fused-ring (bicyclic) bond motifs is 1. The van der Waals surface area contributed by atoms with Gasteiger partial charge in [0.25, 0.3) is 4.90 Å². The van der Waals surface area contributed by atoms with Crippen LogP contribution in [-0.4, -0.2) is 35.3 Å². The minimum absolute atomic E-state index is 0.0788. The maximum Gasteiger partial charge on any atom is 0.311 e. The molecule has 1 unspecified atom stereocenters. The van der Waals surface area contributed by atoms with Crippen molar-refractivity contribution in [1.82, 2.24) is 9.55 Å². The Morgan fingerprint density at radius 1 is 1.18 bits per heavy atom. The van der Waals surface area contributed by atoms with Crippen LogP contribution in [0.4, 0.5) is 0 Å². The molecule has 0 aliphatic carbocycles. The fraction of sp³-hybridized carbons (Fsp3) is 0.286. The Hall–Kier alpha value is -3.25. The predicted octanol–water partition coefficient (Wildman–Crippen LogP) is 5.81. The molecular weight excluding hydrogens is 444 g/mol. The topological polar surface area (TPSA) is 53.4 Å². The van der Waals surface area contributed by atoms with Crippen molar-refractivity contribution in [3.8, 4) is 11.5 Å². The van der Waals surface area contributed by atoms with E-state index in [1.165, 1.54) is 0 Å². The van der Waals surface area contributed by atoms with Gasteiger partial charge in [-0.3, -0.25) is 9.36 Å². The van der Waals surface area contributed by atoms with E-state index in [1.807, 2.05) is 81.5 Å². The zero-order chi connectivity index (χ0) is 24.9. The van der Waals surface area contributed by atoms with Crippen LogP contribution < -0.4 is 15.0 Å². The number of ether oxygens (including phenoxy) is 2. The standard InChI is InChI=1S/C26H29N2O3S.C2H6/c1-5-7-12-20(6-2)19-28-25-22(15-11-16-27-25)23(30-3)24(26(28)29)32(4)18-17-31-21-13-9-8-10-14-21;1-2/h5-16H,1,17-19H2,2-4H3;1-2H3/q+1;/b12-7-,20-6+;. The highest BCUT2D eigenvalue weighted by Crippen LogP contribution is 2.30. The lowest BCUT2D eigenvalue weighted by molar-refractivity contribution is 0.343. The number of allylic oxidation sites excluding steroid dienone is 5. The van der Waals surface area contributed by atoms with Crippen molar-refractivity contribution in [2.24, 2.45) is 0 Å². The second kappa shape index (κ2) is 14.1. The van der Waals surface area contributed by atoms with E-state index >= 15 is 0 Å². The second-order valence-corrected chi connectivity index (χ2v) is 9.18. The summed E-state index contributed by atoms with van der Waals surface area (Å²) in [6.45, 7) is 10.6. The van der Waals surface area contributed by atoms with Crippen LogP contribution in [0.5, 0.6) is 11.5 Å². The molecule has 1 atom stereocenters. The van der Waals surface area contributed by atoms with Gasteiger partial charge in [-0.25, -0.2) is 4.98 Å². The van der Waals surface area contributed by atoms with Crippen molar-refractivity contribution in [3.63, 3.8) is 0 Å². The molecule has 6 heteroatoms. The smallest absolute Gasteiger partial charge is 0.311 e. The Kier molecular flexibility index (Phi) is 11.2. The van der Waals surface area contributed by atoms with Crippen molar-refractivity contribution < 1.29 is 9.47 Å². The molecule has 2 heterocycles. The van der Waals surface area contributed by atoms with E-state index < -0.39 is 0 Å². The van der Waals surface area contributed by atoms with Crippen LogP contribution in [0.15, 0.2) is 94.8 Å². The van der Waals surface area contributed by atoms with Crippen LogP contribution in [0, 0.1) is 0 Å². The van der Waals surface area contributed by atoms with E-state index in [0.29, 0.717) is 35.2 Å². The molecule has 180 valence electrons. The summed E-state index contributed by atoms with van der Waals surface area (Å²) in [5, 5.41) is 0.830. The Labute approximate surface area is 205 Å². The molecule has 0 aliphatic heterocycles. The highest BCUT2D eigenvalue weighted by Gasteiger charge is 2.30. The van der Waals surface area contributed by atoms with E-state index in [1.54, 1.807) is 23.9 Å². The minimum atomic E-state index is -0.383. The number of hydrogen-bond donors (Lipinski definition) is 0. The number of pyridine rings is 2. The largest absolute Gasteiger partial charge is 0.491 e. The third-order valence-corrected chi connectivity index (χ3v) is 6.88. The highest BCUT2D eigenvalue weighted by molar-refractivity contribution is 7.96. The monoisotopic (exact) mass is 479 g/mol. The molecule has 0 saturated carbocycles. The third kappa shape index (κ3) is 6.64. The van der Waals surface area contributed by atoms with E-state index in [-0.39, 0.29) is 16.5 Å². The van der Waals surface area contributed by atoms with E-state index in [0.717, 1.165) is 16.7 Å². The van der Waals surface area contributed by atoms with Crippen LogP contribution in [0.25, 0.3) is 11.0 Å². The first kappa shape index (κ1) is 27.0. The molecule has 0 aliphatic rings. The molecule has 5 nitrogen and oxygen atoms in total. The maximum absolute atomic E-state index is 13.7. The molecule has 1 aromatic carbocycles. The number of nitrogens with zero attached hydrogens (tertiary/aromatic N) is 2. The first-order valence-electron chi connectivity index (χ1n) is 11.4. The van der Waals surface area contributed by atoms with Gasteiger partial charge in [0.1, 0.15) is 30.0 Å². The first-order valence-corrected chi connectivity index (χ1v) is 13.2. The SMILES string of the molecule is C=C/C=C\C(=C/C)Cn1c(=O)c([S+](C)CCOc2ccccc2)c(OC)c2cccnc21.CC. The van der Waals surface area contributed by atoms with E-state index in [9.17, 15) is 4.79 Å². The van der Waals surface area contributed by atoms with Gasteiger partial charge in [-0.1, -0.05) is 62.9 Å². The molecule has 0 saturated heterocycles. The maximum atomic E-state index is 13.7. The summed E-state index contributed by atoms with van der Waals surface area (Å²) in [6.07, 6.45) is 11.3.